The maximum absolute atomic E-state index is 11.8. The summed E-state index contributed by atoms with van der Waals surface area (Å²) in [7, 11) is 0. The minimum atomic E-state index is -0.997. The number of aliphatic hydroxyl groups excluding tert-OH is 1. The molecule has 0 saturated heterocycles. The van der Waals surface area contributed by atoms with Gasteiger partial charge < -0.3 is 24.8 Å². The SMILES string of the molecule is O=C(C=Cc1ccc(O)c(O)c1)OCC(CO)OC(=O)C=Cc1ccccc1. The van der Waals surface area contributed by atoms with Crippen LogP contribution in [0.3, 0.4) is 0 Å². The summed E-state index contributed by atoms with van der Waals surface area (Å²) in [6.45, 7) is -0.820. The van der Waals surface area contributed by atoms with Gasteiger partial charge in [-0.1, -0.05) is 36.4 Å². The minimum absolute atomic E-state index is 0.270. The highest BCUT2D eigenvalue weighted by Gasteiger charge is 2.14. The first-order valence-electron chi connectivity index (χ1n) is 8.39. The van der Waals surface area contributed by atoms with Crippen molar-refractivity contribution in [2.45, 2.75) is 6.10 Å². The van der Waals surface area contributed by atoms with E-state index >= 15 is 0 Å². The molecule has 0 aliphatic rings. The smallest absolute Gasteiger partial charge is 0.331 e. The molecule has 2 aromatic carbocycles. The second-order valence-corrected chi connectivity index (χ2v) is 5.70. The van der Waals surface area contributed by atoms with E-state index in [4.69, 9.17) is 9.47 Å². The van der Waals surface area contributed by atoms with Crippen molar-refractivity contribution < 1.29 is 34.4 Å². The fraction of sp³-hybridized carbons (Fsp3) is 0.143. The number of carbonyl (C=O) groups is 2. The molecule has 7 heteroatoms. The molecule has 1 unspecified atom stereocenters. The van der Waals surface area contributed by atoms with Gasteiger partial charge in [0, 0.05) is 12.2 Å². The summed E-state index contributed by atoms with van der Waals surface area (Å²) >= 11 is 0. The topological polar surface area (TPSA) is 113 Å². The highest BCUT2D eigenvalue weighted by atomic mass is 16.6. The molecule has 0 amide bonds. The summed E-state index contributed by atoms with van der Waals surface area (Å²) in [5.41, 5.74) is 1.29. The van der Waals surface area contributed by atoms with Gasteiger partial charge in [-0.25, -0.2) is 9.59 Å². The standard InChI is InChI=1S/C21H20O7/c22-13-17(28-21(26)11-7-15-4-2-1-3-5-15)14-27-20(25)10-8-16-6-9-18(23)19(24)12-16/h1-12,17,22-24H,13-14H2. The van der Waals surface area contributed by atoms with Crippen LogP contribution in [0.2, 0.25) is 0 Å². The molecule has 28 heavy (non-hydrogen) atoms. The number of rotatable bonds is 8. The van der Waals surface area contributed by atoms with Crippen LogP contribution < -0.4 is 0 Å². The van der Waals surface area contributed by atoms with E-state index in [1.54, 1.807) is 6.08 Å². The van der Waals surface area contributed by atoms with Crippen molar-refractivity contribution >= 4 is 24.1 Å². The van der Waals surface area contributed by atoms with Crippen molar-refractivity contribution in [3.05, 3.63) is 71.8 Å². The number of hydrogen-bond acceptors (Lipinski definition) is 7. The lowest BCUT2D eigenvalue weighted by molar-refractivity contribution is -0.154. The number of carbonyl (C=O) groups excluding carboxylic acids is 2. The van der Waals surface area contributed by atoms with Crippen LogP contribution in [0.25, 0.3) is 12.2 Å². The zero-order valence-corrected chi connectivity index (χ0v) is 14.9. The van der Waals surface area contributed by atoms with Gasteiger partial charge in [-0.15, -0.1) is 0 Å². The van der Waals surface area contributed by atoms with Crippen LogP contribution in [0.4, 0.5) is 0 Å². The Morgan fingerprint density at radius 3 is 2.25 bits per heavy atom. The van der Waals surface area contributed by atoms with Crippen molar-refractivity contribution in [1.29, 1.82) is 0 Å². The van der Waals surface area contributed by atoms with E-state index in [0.29, 0.717) is 5.56 Å². The third-order valence-electron chi connectivity index (χ3n) is 3.52. The lowest BCUT2D eigenvalue weighted by Gasteiger charge is -2.13. The molecule has 0 aliphatic carbocycles. The second-order valence-electron chi connectivity index (χ2n) is 5.70. The number of phenolic OH excluding ortho intramolecular Hbond substituents is 2. The molecule has 0 aliphatic heterocycles. The van der Waals surface area contributed by atoms with Gasteiger partial charge in [0.05, 0.1) is 6.61 Å². The van der Waals surface area contributed by atoms with Gasteiger partial charge in [-0.2, -0.15) is 0 Å². The minimum Gasteiger partial charge on any atom is -0.504 e. The fourth-order valence-corrected chi connectivity index (χ4v) is 2.09. The summed E-state index contributed by atoms with van der Waals surface area (Å²) in [4.78, 5) is 23.5. The van der Waals surface area contributed by atoms with E-state index < -0.39 is 24.6 Å². The summed E-state index contributed by atoms with van der Waals surface area (Å²) in [6, 6.07) is 13.2. The molecule has 0 spiro atoms. The Hall–Kier alpha value is -3.58. The molecular formula is C21H20O7. The Balaban J connectivity index is 1.81. The molecule has 2 rings (SSSR count). The number of aromatic hydroxyl groups is 2. The Morgan fingerprint density at radius 2 is 1.57 bits per heavy atom. The van der Waals surface area contributed by atoms with E-state index in [1.165, 1.54) is 30.4 Å². The third kappa shape index (κ3) is 6.97. The van der Waals surface area contributed by atoms with E-state index in [0.717, 1.165) is 11.6 Å². The van der Waals surface area contributed by atoms with Crippen LogP contribution in [-0.2, 0) is 19.1 Å². The molecule has 2 aromatic rings. The summed E-state index contributed by atoms with van der Waals surface area (Å²) < 4.78 is 9.96. The van der Waals surface area contributed by atoms with Gasteiger partial charge in [0.2, 0.25) is 0 Å². The Kier molecular flexibility index (Phi) is 7.80. The van der Waals surface area contributed by atoms with E-state index in [1.807, 2.05) is 30.3 Å². The van der Waals surface area contributed by atoms with Gasteiger partial charge in [0.25, 0.3) is 0 Å². The lowest BCUT2D eigenvalue weighted by atomic mass is 10.2. The summed E-state index contributed by atoms with van der Waals surface area (Å²) in [6.07, 6.45) is 4.28. The molecule has 0 heterocycles. The van der Waals surface area contributed by atoms with Gasteiger partial charge in [0.1, 0.15) is 6.61 Å². The van der Waals surface area contributed by atoms with Crippen LogP contribution in [0.15, 0.2) is 60.7 Å². The van der Waals surface area contributed by atoms with Crippen LogP contribution in [0.1, 0.15) is 11.1 Å². The lowest BCUT2D eigenvalue weighted by Crippen LogP contribution is -2.27. The molecule has 0 aromatic heterocycles. The number of aliphatic hydroxyl groups is 1. The maximum Gasteiger partial charge on any atom is 0.331 e. The molecule has 3 N–H and O–H groups in total. The molecule has 0 radical (unpaired) electrons. The zero-order valence-electron chi connectivity index (χ0n) is 14.9. The number of hydrogen-bond donors (Lipinski definition) is 3. The summed E-state index contributed by atoms with van der Waals surface area (Å²) in [5, 5.41) is 27.9. The monoisotopic (exact) mass is 384 g/mol. The predicted molar refractivity (Wildman–Crippen MR) is 102 cm³/mol. The highest BCUT2D eigenvalue weighted by molar-refractivity contribution is 5.88. The molecule has 0 fully saturated rings. The van der Waals surface area contributed by atoms with E-state index in [2.05, 4.69) is 0 Å². The average molecular weight is 384 g/mol. The molecular weight excluding hydrogens is 364 g/mol. The van der Waals surface area contributed by atoms with Gasteiger partial charge in [-0.3, -0.25) is 0 Å². The Labute approximate surface area is 161 Å². The van der Waals surface area contributed by atoms with Crippen molar-refractivity contribution in [3.63, 3.8) is 0 Å². The van der Waals surface area contributed by atoms with E-state index in [-0.39, 0.29) is 18.1 Å². The predicted octanol–water partition coefficient (Wildman–Crippen LogP) is 2.27. The Bertz CT molecular complexity index is 856. The van der Waals surface area contributed by atoms with Crippen molar-refractivity contribution in [2.24, 2.45) is 0 Å². The largest absolute Gasteiger partial charge is 0.504 e. The van der Waals surface area contributed by atoms with Crippen LogP contribution >= 0.6 is 0 Å². The first-order valence-corrected chi connectivity index (χ1v) is 8.39. The Morgan fingerprint density at radius 1 is 0.893 bits per heavy atom. The van der Waals surface area contributed by atoms with Crippen molar-refractivity contribution in [3.8, 4) is 11.5 Å². The zero-order chi connectivity index (χ0) is 20.4. The summed E-state index contributed by atoms with van der Waals surface area (Å²) in [5.74, 6) is -1.98. The average Bonchev–Trinajstić information content (AvgIpc) is 2.71. The van der Waals surface area contributed by atoms with Crippen molar-refractivity contribution in [2.75, 3.05) is 13.2 Å². The number of esters is 2. The van der Waals surface area contributed by atoms with Crippen LogP contribution in [-0.4, -0.2) is 46.6 Å². The third-order valence-corrected chi connectivity index (χ3v) is 3.52. The molecule has 7 nitrogen and oxygen atoms in total. The maximum atomic E-state index is 11.8. The van der Waals surface area contributed by atoms with Gasteiger partial charge in [-0.05, 0) is 35.4 Å². The number of phenols is 2. The van der Waals surface area contributed by atoms with Gasteiger partial charge >= 0.3 is 11.9 Å². The quantitative estimate of drug-likeness (QED) is 0.363. The van der Waals surface area contributed by atoms with E-state index in [9.17, 15) is 24.9 Å². The first-order chi connectivity index (χ1) is 13.5. The van der Waals surface area contributed by atoms with Gasteiger partial charge in [0.15, 0.2) is 17.6 Å². The second kappa shape index (κ2) is 10.5. The van der Waals surface area contributed by atoms with Crippen molar-refractivity contribution in [1.82, 2.24) is 0 Å². The van der Waals surface area contributed by atoms with Crippen LogP contribution in [0.5, 0.6) is 11.5 Å². The molecule has 1 atom stereocenters. The fourth-order valence-electron chi connectivity index (χ4n) is 2.09. The normalized spacial score (nSPS) is 12.2. The van der Waals surface area contributed by atoms with Crippen LogP contribution in [0, 0.1) is 0 Å². The molecule has 0 saturated carbocycles. The molecule has 0 bridgehead atoms. The first kappa shape index (κ1) is 20.7. The molecule has 146 valence electrons. The number of ether oxygens (including phenoxy) is 2. The number of benzene rings is 2. The highest BCUT2D eigenvalue weighted by Crippen LogP contribution is 2.25.